The lowest BCUT2D eigenvalue weighted by Gasteiger charge is -2.07. The number of pyridine rings is 1. The number of aromatic nitrogens is 3. The Hall–Kier alpha value is -4.05. The first-order chi connectivity index (χ1) is 14.3. The summed E-state index contributed by atoms with van der Waals surface area (Å²) >= 11 is 0. The Balaban J connectivity index is 1.84. The van der Waals surface area contributed by atoms with Crippen LogP contribution in [-0.4, -0.2) is 15.0 Å². The normalized spacial score (nSPS) is 12.3. The number of nitrogens with one attached hydrogen (secondary N) is 3. The van der Waals surface area contributed by atoms with Gasteiger partial charge in [-0.05, 0) is 30.3 Å². The molecular weight excluding hydrogens is 358 g/mol. The molecule has 136 valence electrons. The van der Waals surface area contributed by atoms with Crippen LogP contribution in [0.2, 0.25) is 0 Å². The van der Waals surface area contributed by atoms with Crippen molar-refractivity contribution in [2.75, 3.05) is 0 Å². The van der Waals surface area contributed by atoms with Crippen molar-refractivity contribution in [3.8, 4) is 0 Å². The molecule has 0 aliphatic carbocycles. The van der Waals surface area contributed by atoms with Gasteiger partial charge in [0.2, 0.25) is 0 Å². The second-order valence-corrected chi connectivity index (χ2v) is 7.62. The Kier molecular flexibility index (Phi) is 2.60. The lowest BCUT2D eigenvalue weighted by atomic mass is 9.99. The Morgan fingerprint density at radius 1 is 0.448 bits per heavy atom. The van der Waals surface area contributed by atoms with Crippen molar-refractivity contribution in [2.24, 2.45) is 0 Å². The average Bonchev–Trinajstić information content (AvgIpc) is 3.32. The van der Waals surface area contributed by atoms with Crippen LogP contribution >= 0.6 is 0 Å². The van der Waals surface area contributed by atoms with Crippen LogP contribution in [0.3, 0.4) is 0 Å². The number of aromatic amines is 3. The SMILES string of the molecule is O=c1[nH]c2c(ccc3[nH]c4ccccc4c32)c2c1ccc1[nH]c3ccccc3c12. The van der Waals surface area contributed by atoms with E-state index in [-0.39, 0.29) is 5.56 Å². The van der Waals surface area contributed by atoms with Crippen LogP contribution in [0.1, 0.15) is 0 Å². The third-order valence-electron chi connectivity index (χ3n) is 6.09. The lowest BCUT2D eigenvalue weighted by molar-refractivity contribution is 1.36. The van der Waals surface area contributed by atoms with Gasteiger partial charge in [0, 0.05) is 59.8 Å². The number of hydrogen-bond acceptors (Lipinski definition) is 1. The van der Waals surface area contributed by atoms with Crippen molar-refractivity contribution in [3.05, 3.63) is 83.2 Å². The Bertz CT molecular complexity index is 1830. The Labute approximate surface area is 163 Å². The molecule has 3 N–H and O–H groups in total. The fourth-order valence-electron chi connectivity index (χ4n) is 4.87. The molecule has 0 saturated heterocycles. The van der Waals surface area contributed by atoms with E-state index in [1.807, 2.05) is 36.4 Å². The summed E-state index contributed by atoms with van der Waals surface area (Å²) in [5.74, 6) is 0. The summed E-state index contributed by atoms with van der Waals surface area (Å²) in [7, 11) is 0. The van der Waals surface area contributed by atoms with Crippen molar-refractivity contribution in [1.29, 1.82) is 0 Å². The van der Waals surface area contributed by atoms with E-state index in [0.29, 0.717) is 5.39 Å². The fourth-order valence-corrected chi connectivity index (χ4v) is 4.87. The predicted octanol–water partition coefficient (Wildman–Crippen LogP) is 5.95. The largest absolute Gasteiger partial charge is 0.354 e. The molecule has 0 aliphatic heterocycles. The van der Waals surface area contributed by atoms with E-state index in [2.05, 4.69) is 51.4 Å². The maximum Gasteiger partial charge on any atom is 0.256 e. The van der Waals surface area contributed by atoms with Gasteiger partial charge in [-0.25, -0.2) is 0 Å². The molecule has 7 aromatic rings. The molecule has 0 spiro atoms. The van der Waals surface area contributed by atoms with Crippen molar-refractivity contribution in [2.45, 2.75) is 0 Å². The van der Waals surface area contributed by atoms with Crippen LogP contribution in [0.5, 0.6) is 0 Å². The molecule has 0 bridgehead atoms. The second-order valence-electron chi connectivity index (χ2n) is 7.62. The fraction of sp³-hybridized carbons (Fsp3) is 0. The van der Waals surface area contributed by atoms with E-state index in [1.165, 1.54) is 0 Å². The summed E-state index contributed by atoms with van der Waals surface area (Å²) in [6.07, 6.45) is 0. The highest BCUT2D eigenvalue weighted by atomic mass is 16.1. The molecule has 4 nitrogen and oxygen atoms in total. The standard InChI is InChI=1S/C25H15N3O/c29-25-16-10-12-19-22(13-5-1-3-7-17(13)26-19)21(16)15-9-11-20-23(24(15)28-25)14-6-2-4-8-18(14)27-20/h1-12,26-27H,(H,28,29). The van der Waals surface area contributed by atoms with Crippen LogP contribution in [0, 0.1) is 0 Å². The quantitative estimate of drug-likeness (QED) is 0.283. The lowest BCUT2D eigenvalue weighted by Crippen LogP contribution is -2.06. The van der Waals surface area contributed by atoms with Gasteiger partial charge in [0.1, 0.15) is 0 Å². The van der Waals surface area contributed by atoms with E-state index in [0.717, 1.165) is 59.9 Å². The third-order valence-corrected chi connectivity index (χ3v) is 6.09. The zero-order valence-corrected chi connectivity index (χ0v) is 15.3. The minimum Gasteiger partial charge on any atom is -0.354 e. The van der Waals surface area contributed by atoms with Crippen LogP contribution in [-0.2, 0) is 0 Å². The third kappa shape index (κ3) is 1.81. The van der Waals surface area contributed by atoms with Gasteiger partial charge >= 0.3 is 0 Å². The highest BCUT2D eigenvalue weighted by molar-refractivity contribution is 6.30. The summed E-state index contributed by atoms with van der Waals surface area (Å²) < 4.78 is 0. The summed E-state index contributed by atoms with van der Waals surface area (Å²) in [6.45, 7) is 0. The van der Waals surface area contributed by atoms with Crippen LogP contribution in [0.25, 0.3) is 65.3 Å². The molecule has 3 aromatic heterocycles. The van der Waals surface area contributed by atoms with E-state index >= 15 is 0 Å². The first-order valence-electron chi connectivity index (χ1n) is 9.68. The minimum absolute atomic E-state index is 0.0579. The van der Waals surface area contributed by atoms with E-state index in [9.17, 15) is 4.79 Å². The van der Waals surface area contributed by atoms with Gasteiger partial charge in [0.25, 0.3) is 5.56 Å². The number of rotatable bonds is 0. The van der Waals surface area contributed by atoms with Crippen molar-refractivity contribution >= 4 is 65.3 Å². The van der Waals surface area contributed by atoms with Gasteiger partial charge < -0.3 is 15.0 Å². The number of fused-ring (bicyclic) bond motifs is 11. The summed E-state index contributed by atoms with van der Waals surface area (Å²) in [6, 6.07) is 24.6. The summed E-state index contributed by atoms with van der Waals surface area (Å²) in [5, 5.41) is 7.21. The molecule has 4 heteroatoms. The van der Waals surface area contributed by atoms with Gasteiger partial charge in [-0.2, -0.15) is 0 Å². The van der Waals surface area contributed by atoms with Gasteiger partial charge in [0.05, 0.1) is 5.52 Å². The molecule has 0 fully saturated rings. The number of hydrogen-bond donors (Lipinski definition) is 3. The van der Waals surface area contributed by atoms with Crippen molar-refractivity contribution in [3.63, 3.8) is 0 Å². The zero-order valence-electron chi connectivity index (χ0n) is 15.3. The van der Waals surface area contributed by atoms with E-state index in [4.69, 9.17) is 0 Å². The molecule has 0 amide bonds. The van der Waals surface area contributed by atoms with E-state index in [1.54, 1.807) is 0 Å². The highest BCUT2D eigenvalue weighted by Gasteiger charge is 2.16. The van der Waals surface area contributed by atoms with Gasteiger partial charge in [-0.1, -0.05) is 42.5 Å². The van der Waals surface area contributed by atoms with Crippen molar-refractivity contribution < 1.29 is 0 Å². The molecule has 0 aliphatic rings. The number of para-hydroxylation sites is 2. The molecule has 3 heterocycles. The van der Waals surface area contributed by atoms with Crippen LogP contribution in [0.4, 0.5) is 0 Å². The van der Waals surface area contributed by atoms with Gasteiger partial charge in [-0.3, -0.25) is 4.79 Å². The summed E-state index contributed by atoms with van der Waals surface area (Å²) in [4.78, 5) is 23.3. The first-order valence-corrected chi connectivity index (χ1v) is 9.68. The number of benzene rings is 4. The Morgan fingerprint density at radius 2 is 1.03 bits per heavy atom. The maximum absolute atomic E-state index is 13.1. The maximum atomic E-state index is 13.1. The first kappa shape index (κ1) is 14.9. The zero-order chi connectivity index (χ0) is 19.1. The molecule has 0 saturated carbocycles. The highest BCUT2D eigenvalue weighted by Crippen LogP contribution is 2.38. The smallest absolute Gasteiger partial charge is 0.256 e. The van der Waals surface area contributed by atoms with Crippen LogP contribution in [0.15, 0.2) is 77.6 Å². The molecule has 0 unspecified atom stereocenters. The average molecular weight is 373 g/mol. The Morgan fingerprint density at radius 3 is 1.76 bits per heavy atom. The predicted molar refractivity (Wildman–Crippen MR) is 121 cm³/mol. The van der Waals surface area contributed by atoms with Gasteiger partial charge in [0.15, 0.2) is 0 Å². The topological polar surface area (TPSA) is 64.4 Å². The molecular formula is C25H15N3O. The monoisotopic (exact) mass is 373 g/mol. The van der Waals surface area contributed by atoms with Crippen molar-refractivity contribution in [1.82, 2.24) is 15.0 Å². The molecule has 0 atom stereocenters. The molecule has 29 heavy (non-hydrogen) atoms. The molecule has 7 rings (SSSR count). The number of H-pyrrole nitrogens is 3. The summed E-state index contributed by atoms with van der Waals surface area (Å²) in [5.41, 5.74) is 5.05. The second kappa shape index (κ2) is 5.06. The van der Waals surface area contributed by atoms with Crippen LogP contribution < -0.4 is 5.56 Å². The van der Waals surface area contributed by atoms with Gasteiger partial charge in [-0.15, -0.1) is 0 Å². The minimum atomic E-state index is -0.0579. The molecule has 4 aromatic carbocycles. The van der Waals surface area contributed by atoms with E-state index < -0.39 is 0 Å². The molecule has 0 radical (unpaired) electrons.